The number of hydrogen-bond acceptors (Lipinski definition) is 4. The van der Waals surface area contributed by atoms with Crippen molar-refractivity contribution in [3.8, 4) is 5.75 Å². The largest absolute Gasteiger partial charge is 0.477 e. The fourth-order valence-electron chi connectivity index (χ4n) is 2.61. The molecule has 1 aliphatic heterocycles. The number of benzene rings is 1. The van der Waals surface area contributed by atoms with E-state index in [0.29, 0.717) is 11.4 Å². The van der Waals surface area contributed by atoms with Gasteiger partial charge in [-0.3, -0.25) is 9.59 Å². The van der Waals surface area contributed by atoms with Gasteiger partial charge in [0.1, 0.15) is 5.75 Å². The second-order valence-corrected chi connectivity index (χ2v) is 5.83. The van der Waals surface area contributed by atoms with Gasteiger partial charge in [-0.1, -0.05) is 26.0 Å². The van der Waals surface area contributed by atoms with Crippen molar-refractivity contribution in [1.29, 1.82) is 0 Å². The maximum absolute atomic E-state index is 12.5. The summed E-state index contributed by atoms with van der Waals surface area (Å²) in [6.07, 6.45) is 0.982. The molecule has 0 saturated heterocycles. The fourth-order valence-corrected chi connectivity index (χ4v) is 2.61. The van der Waals surface area contributed by atoms with Gasteiger partial charge < -0.3 is 20.7 Å². The molecular weight excluding hydrogens is 330 g/mol. The second-order valence-electron chi connectivity index (χ2n) is 5.83. The zero-order valence-corrected chi connectivity index (χ0v) is 15.1. The lowest BCUT2D eigenvalue weighted by molar-refractivity contribution is -0.129. The average molecular weight is 356 g/mol. The number of carbonyl (C=O) groups is 2. The van der Waals surface area contributed by atoms with Gasteiger partial charge in [0, 0.05) is 6.04 Å². The van der Waals surface area contributed by atoms with Crippen molar-refractivity contribution in [2.24, 2.45) is 5.73 Å². The normalized spacial score (nSPS) is 17.4. The van der Waals surface area contributed by atoms with Crippen molar-refractivity contribution in [2.75, 3.05) is 11.4 Å². The summed E-state index contributed by atoms with van der Waals surface area (Å²) in [7, 11) is 0. The number of halogens is 1. The Labute approximate surface area is 149 Å². The molecule has 0 bridgehead atoms. The van der Waals surface area contributed by atoms with Crippen molar-refractivity contribution in [1.82, 2.24) is 5.32 Å². The number of nitrogens with zero attached hydrogens (tertiary/aromatic N) is 1. The SMILES string of the molecule is CCC(CC)NC(=O)C1CN(C(=O)[C@H](C)N)c2ccccc2O1.Cl. The van der Waals surface area contributed by atoms with E-state index in [0.717, 1.165) is 12.8 Å². The first kappa shape index (κ1) is 20.3. The van der Waals surface area contributed by atoms with Crippen LogP contribution in [0.1, 0.15) is 33.6 Å². The highest BCUT2D eigenvalue weighted by Crippen LogP contribution is 2.33. The van der Waals surface area contributed by atoms with Gasteiger partial charge in [0.15, 0.2) is 6.10 Å². The van der Waals surface area contributed by atoms with E-state index in [-0.39, 0.29) is 36.8 Å². The van der Waals surface area contributed by atoms with Crippen molar-refractivity contribution in [3.05, 3.63) is 24.3 Å². The Balaban J connectivity index is 0.00000288. The Morgan fingerprint density at radius 1 is 1.33 bits per heavy atom. The predicted octanol–water partition coefficient (Wildman–Crippen LogP) is 1.85. The van der Waals surface area contributed by atoms with Crippen LogP contribution in [0.3, 0.4) is 0 Å². The molecule has 24 heavy (non-hydrogen) atoms. The molecule has 0 fully saturated rings. The van der Waals surface area contributed by atoms with E-state index >= 15 is 0 Å². The number of carbonyl (C=O) groups excluding carboxylic acids is 2. The van der Waals surface area contributed by atoms with E-state index in [9.17, 15) is 9.59 Å². The minimum atomic E-state index is -0.729. The lowest BCUT2D eigenvalue weighted by Gasteiger charge is -2.35. The Bertz CT molecular complexity index is 576. The van der Waals surface area contributed by atoms with Crippen LogP contribution in [-0.4, -0.2) is 36.5 Å². The first-order valence-corrected chi connectivity index (χ1v) is 8.10. The van der Waals surface area contributed by atoms with Crippen LogP contribution in [0.15, 0.2) is 24.3 Å². The molecule has 0 spiro atoms. The predicted molar refractivity (Wildman–Crippen MR) is 96.6 cm³/mol. The fraction of sp³-hybridized carbons (Fsp3) is 0.529. The van der Waals surface area contributed by atoms with Gasteiger partial charge in [0.2, 0.25) is 5.91 Å². The number of hydrogen-bond donors (Lipinski definition) is 2. The number of fused-ring (bicyclic) bond motifs is 1. The molecule has 0 aliphatic carbocycles. The Morgan fingerprint density at radius 2 is 1.96 bits per heavy atom. The van der Waals surface area contributed by atoms with Crippen LogP contribution in [0, 0.1) is 0 Å². The maximum atomic E-state index is 12.5. The number of amides is 2. The molecule has 1 aliphatic rings. The zero-order valence-electron chi connectivity index (χ0n) is 14.3. The van der Waals surface area contributed by atoms with Gasteiger partial charge in [-0.2, -0.15) is 0 Å². The summed E-state index contributed by atoms with van der Waals surface area (Å²) >= 11 is 0. The number of nitrogens with two attached hydrogens (primary N) is 1. The summed E-state index contributed by atoms with van der Waals surface area (Å²) in [6, 6.07) is 6.67. The maximum Gasteiger partial charge on any atom is 0.263 e. The lowest BCUT2D eigenvalue weighted by Crippen LogP contribution is -2.54. The van der Waals surface area contributed by atoms with Gasteiger partial charge in [-0.15, -0.1) is 12.4 Å². The Hall–Kier alpha value is -1.79. The van der Waals surface area contributed by atoms with E-state index in [4.69, 9.17) is 10.5 Å². The van der Waals surface area contributed by atoms with Crippen molar-refractivity contribution >= 4 is 29.9 Å². The third kappa shape index (κ3) is 4.39. The topological polar surface area (TPSA) is 84.7 Å². The monoisotopic (exact) mass is 355 g/mol. The molecule has 1 heterocycles. The smallest absolute Gasteiger partial charge is 0.263 e. The summed E-state index contributed by atoms with van der Waals surface area (Å²) < 4.78 is 5.80. The highest BCUT2D eigenvalue weighted by atomic mass is 35.5. The molecule has 134 valence electrons. The summed E-state index contributed by atoms with van der Waals surface area (Å²) in [6.45, 7) is 5.86. The van der Waals surface area contributed by atoms with Crippen LogP contribution in [-0.2, 0) is 9.59 Å². The number of nitrogens with one attached hydrogen (secondary N) is 1. The highest BCUT2D eigenvalue weighted by Gasteiger charge is 2.35. The number of para-hydroxylation sites is 2. The van der Waals surface area contributed by atoms with Gasteiger partial charge in [0.25, 0.3) is 5.91 Å². The Morgan fingerprint density at radius 3 is 2.54 bits per heavy atom. The van der Waals surface area contributed by atoms with Gasteiger partial charge in [-0.05, 0) is 31.9 Å². The first-order chi connectivity index (χ1) is 11.0. The van der Waals surface area contributed by atoms with Crippen LogP contribution >= 0.6 is 12.4 Å². The summed E-state index contributed by atoms with van der Waals surface area (Å²) in [5.41, 5.74) is 6.39. The minimum absolute atomic E-state index is 0. The number of ether oxygens (including phenoxy) is 1. The molecular formula is C17H26ClN3O3. The molecule has 0 aromatic heterocycles. The summed E-state index contributed by atoms with van der Waals surface area (Å²) in [5, 5.41) is 2.97. The van der Waals surface area contributed by atoms with E-state index < -0.39 is 12.1 Å². The molecule has 1 aromatic carbocycles. The second kappa shape index (κ2) is 8.89. The molecule has 1 aromatic rings. The molecule has 2 rings (SSSR count). The first-order valence-electron chi connectivity index (χ1n) is 8.10. The van der Waals surface area contributed by atoms with Crippen molar-refractivity contribution < 1.29 is 14.3 Å². The molecule has 7 heteroatoms. The molecule has 2 amide bonds. The molecule has 1 unspecified atom stereocenters. The van der Waals surface area contributed by atoms with E-state index in [1.165, 1.54) is 0 Å². The number of anilines is 1. The van der Waals surface area contributed by atoms with Gasteiger partial charge in [-0.25, -0.2) is 0 Å². The Kier molecular flexibility index (Phi) is 7.51. The quantitative estimate of drug-likeness (QED) is 0.844. The van der Waals surface area contributed by atoms with Gasteiger partial charge in [0.05, 0.1) is 18.3 Å². The zero-order chi connectivity index (χ0) is 17.0. The molecule has 0 saturated carbocycles. The molecule has 6 nitrogen and oxygen atoms in total. The highest BCUT2D eigenvalue weighted by molar-refractivity contribution is 6.00. The minimum Gasteiger partial charge on any atom is -0.477 e. The molecule has 3 N–H and O–H groups in total. The van der Waals surface area contributed by atoms with Crippen molar-refractivity contribution in [3.63, 3.8) is 0 Å². The van der Waals surface area contributed by atoms with E-state index in [1.807, 2.05) is 26.0 Å². The third-order valence-corrected chi connectivity index (χ3v) is 4.05. The van der Waals surface area contributed by atoms with Crippen LogP contribution in [0.25, 0.3) is 0 Å². The van der Waals surface area contributed by atoms with Crippen LogP contribution < -0.4 is 20.7 Å². The average Bonchev–Trinajstić information content (AvgIpc) is 2.57. The summed E-state index contributed by atoms with van der Waals surface area (Å²) in [5.74, 6) is 0.106. The molecule has 0 radical (unpaired) electrons. The van der Waals surface area contributed by atoms with Gasteiger partial charge >= 0.3 is 0 Å². The lowest BCUT2D eigenvalue weighted by atomic mass is 10.1. The number of rotatable bonds is 5. The van der Waals surface area contributed by atoms with E-state index in [1.54, 1.807) is 24.0 Å². The third-order valence-electron chi connectivity index (χ3n) is 4.05. The van der Waals surface area contributed by atoms with Crippen LogP contribution in [0.2, 0.25) is 0 Å². The van der Waals surface area contributed by atoms with Crippen molar-refractivity contribution in [2.45, 2.75) is 51.8 Å². The van der Waals surface area contributed by atoms with Crippen LogP contribution in [0.5, 0.6) is 5.75 Å². The molecule has 2 atom stereocenters. The standard InChI is InChI=1S/C17H25N3O3.ClH/c1-4-12(5-2)19-16(21)15-10-20(17(22)11(3)18)13-8-6-7-9-14(13)23-15;/h6-9,11-12,15H,4-5,10,18H2,1-3H3,(H,19,21);1H/t11-,15?;/m0./s1. The van der Waals surface area contributed by atoms with Crippen LogP contribution in [0.4, 0.5) is 5.69 Å². The summed E-state index contributed by atoms with van der Waals surface area (Å²) in [4.78, 5) is 26.4. The van der Waals surface area contributed by atoms with E-state index in [2.05, 4.69) is 5.32 Å².